The van der Waals surface area contributed by atoms with Gasteiger partial charge in [-0.3, -0.25) is 0 Å². The number of hydrogen-bond acceptors (Lipinski definition) is 6. The Morgan fingerprint density at radius 2 is 2.20 bits per heavy atom. The fourth-order valence-corrected chi connectivity index (χ4v) is 1.82. The molecule has 0 bridgehead atoms. The molecule has 6 nitrogen and oxygen atoms in total. The smallest absolute Gasteiger partial charge is 0.224 e. The first-order valence-corrected chi connectivity index (χ1v) is 6.45. The van der Waals surface area contributed by atoms with Crippen LogP contribution in [0.4, 0.5) is 11.8 Å². The highest BCUT2D eigenvalue weighted by Crippen LogP contribution is 2.24. The van der Waals surface area contributed by atoms with Crippen molar-refractivity contribution in [1.29, 1.82) is 0 Å². The van der Waals surface area contributed by atoms with Crippen molar-refractivity contribution in [3.8, 4) is 0 Å². The molecule has 0 aliphatic heterocycles. The van der Waals surface area contributed by atoms with Crippen LogP contribution in [0.3, 0.4) is 0 Å². The summed E-state index contributed by atoms with van der Waals surface area (Å²) in [6.07, 6.45) is 4.51. The summed E-state index contributed by atoms with van der Waals surface area (Å²) in [5, 5.41) is 3.04. The van der Waals surface area contributed by atoms with Crippen LogP contribution in [0, 0.1) is 0 Å². The molecule has 15 heavy (non-hydrogen) atoms. The summed E-state index contributed by atoms with van der Waals surface area (Å²) in [5.41, 5.74) is 5.53. The zero-order chi connectivity index (χ0) is 11.1. The van der Waals surface area contributed by atoms with E-state index in [0.717, 1.165) is 19.1 Å². The summed E-state index contributed by atoms with van der Waals surface area (Å²) in [6.45, 7) is 0. The Balaban J connectivity index is 2.29. The van der Waals surface area contributed by atoms with Crippen LogP contribution in [-0.2, 0) is 9.84 Å². The summed E-state index contributed by atoms with van der Waals surface area (Å²) < 4.78 is 22.4. The monoisotopic (exact) mass is 228 g/mol. The van der Waals surface area contributed by atoms with Crippen molar-refractivity contribution in [1.82, 2.24) is 9.97 Å². The molecular weight excluding hydrogens is 216 g/mol. The van der Waals surface area contributed by atoms with Gasteiger partial charge in [0.05, 0.1) is 6.20 Å². The molecule has 1 saturated carbocycles. The summed E-state index contributed by atoms with van der Waals surface area (Å²) in [7, 11) is -3.34. The second-order valence-electron chi connectivity index (χ2n) is 3.63. The maximum absolute atomic E-state index is 11.2. The van der Waals surface area contributed by atoms with Crippen molar-refractivity contribution in [2.45, 2.75) is 23.8 Å². The molecule has 0 atom stereocenters. The zero-order valence-electron chi connectivity index (χ0n) is 8.27. The molecule has 2 rings (SSSR count). The van der Waals surface area contributed by atoms with Crippen molar-refractivity contribution in [3.63, 3.8) is 0 Å². The first kappa shape index (κ1) is 10.2. The second-order valence-corrected chi connectivity index (χ2v) is 5.62. The molecule has 82 valence electrons. The molecule has 3 N–H and O–H groups in total. The number of rotatable bonds is 3. The number of anilines is 2. The van der Waals surface area contributed by atoms with E-state index >= 15 is 0 Å². The van der Waals surface area contributed by atoms with Crippen LogP contribution in [-0.4, -0.2) is 30.7 Å². The molecule has 0 radical (unpaired) electrons. The molecule has 1 aliphatic carbocycles. The van der Waals surface area contributed by atoms with Crippen LogP contribution in [0.5, 0.6) is 0 Å². The Morgan fingerprint density at radius 3 is 2.67 bits per heavy atom. The van der Waals surface area contributed by atoms with Gasteiger partial charge in [-0.05, 0) is 12.8 Å². The Morgan fingerprint density at radius 1 is 1.53 bits per heavy atom. The van der Waals surface area contributed by atoms with Crippen LogP contribution >= 0.6 is 0 Å². The van der Waals surface area contributed by atoms with Gasteiger partial charge in [0.15, 0.2) is 9.84 Å². The van der Waals surface area contributed by atoms with Crippen molar-refractivity contribution in [2.75, 3.05) is 17.3 Å². The Hall–Kier alpha value is -1.37. The van der Waals surface area contributed by atoms with E-state index in [1.54, 1.807) is 0 Å². The number of aromatic nitrogens is 2. The first-order valence-electron chi connectivity index (χ1n) is 4.56. The Kier molecular flexibility index (Phi) is 2.26. The standard InChI is InChI=1S/C8H12N4O2S/c1-15(13,14)6-4-10-8(12-7(6)9)11-5-2-3-5/h4-5H,2-3H2,1H3,(H3,9,10,11,12). The van der Waals surface area contributed by atoms with Gasteiger partial charge in [-0.1, -0.05) is 0 Å². The van der Waals surface area contributed by atoms with Crippen molar-refractivity contribution in [2.24, 2.45) is 0 Å². The predicted octanol–water partition coefficient (Wildman–Crippen LogP) is 0.0366. The highest BCUT2D eigenvalue weighted by Gasteiger charge is 2.22. The lowest BCUT2D eigenvalue weighted by Gasteiger charge is -2.05. The lowest BCUT2D eigenvalue weighted by molar-refractivity contribution is 0.601. The van der Waals surface area contributed by atoms with E-state index in [-0.39, 0.29) is 10.7 Å². The minimum absolute atomic E-state index is 0.00403. The van der Waals surface area contributed by atoms with Crippen LogP contribution < -0.4 is 11.1 Å². The van der Waals surface area contributed by atoms with E-state index in [4.69, 9.17) is 5.73 Å². The summed E-state index contributed by atoms with van der Waals surface area (Å²) in [6, 6.07) is 0.411. The molecule has 1 fully saturated rings. The summed E-state index contributed by atoms with van der Waals surface area (Å²) >= 11 is 0. The topological polar surface area (TPSA) is 98.0 Å². The molecule has 1 heterocycles. The number of nitrogen functional groups attached to an aromatic ring is 1. The minimum atomic E-state index is -3.34. The van der Waals surface area contributed by atoms with Crippen LogP contribution in [0.2, 0.25) is 0 Å². The molecule has 1 aliphatic rings. The maximum atomic E-state index is 11.2. The van der Waals surface area contributed by atoms with Gasteiger partial charge in [0, 0.05) is 12.3 Å². The average Bonchev–Trinajstić information content (AvgIpc) is 2.85. The van der Waals surface area contributed by atoms with Crippen LogP contribution in [0.15, 0.2) is 11.1 Å². The average molecular weight is 228 g/mol. The van der Waals surface area contributed by atoms with E-state index in [2.05, 4.69) is 15.3 Å². The number of sulfone groups is 1. The Bertz CT molecular complexity index is 481. The first-order chi connectivity index (χ1) is 6.97. The molecule has 0 amide bonds. The van der Waals surface area contributed by atoms with Crippen LogP contribution in [0.25, 0.3) is 0 Å². The SMILES string of the molecule is CS(=O)(=O)c1cnc(NC2CC2)nc1N. The van der Waals surface area contributed by atoms with Crippen molar-refractivity contribution in [3.05, 3.63) is 6.20 Å². The van der Waals surface area contributed by atoms with Crippen molar-refractivity contribution < 1.29 is 8.42 Å². The van der Waals surface area contributed by atoms with Gasteiger partial charge >= 0.3 is 0 Å². The van der Waals surface area contributed by atoms with Gasteiger partial charge in [-0.15, -0.1) is 0 Å². The lowest BCUT2D eigenvalue weighted by Crippen LogP contribution is -2.10. The number of hydrogen-bond donors (Lipinski definition) is 2. The predicted molar refractivity (Wildman–Crippen MR) is 56.2 cm³/mol. The van der Waals surface area contributed by atoms with Gasteiger partial charge in [-0.25, -0.2) is 13.4 Å². The van der Waals surface area contributed by atoms with Crippen molar-refractivity contribution >= 4 is 21.6 Å². The number of nitrogens with two attached hydrogens (primary N) is 1. The lowest BCUT2D eigenvalue weighted by atomic mass is 10.6. The quantitative estimate of drug-likeness (QED) is 0.757. The molecule has 0 saturated heterocycles. The fourth-order valence-electron chi connectivity index (χ4n) is 1.15. The van der Waals surface area contributed by atoms with E-state index in [9.17, 15) is 8.42 Å². The maximum Gasteiger partial charge on any atom is 0.224 e. The molecule has 0 unspecified atom stereocenters. The third kappa shape index (κ3) is 2.35. The summed E-state index contributed by atoms with van der Waals surface area (Å²) in [4.78, 5) is 7.78. The van der Waals surface area contributed by atoms with E-state index in [1.807, 2.05) is 0 Å². The van der Waals surface area contributed by atoms with Gasteiger partial charge < -0.3 is 11.1 Å². The number of nitrogens with zero attached hydrogens (tertiary/aromatic N) is 2. The molecule has 1 aromatic rings. The van der Waals surface area contributed by atoms with Crippen LogP contribution in [0.1, 0.15) is 12.8 Å². The Labute approximate surface area is 87.8 Å². The van der Waals surface area contributed by atoms with Gasteiger partial charge in [0.2, 0.25) is 5.95 Å². The van der Waals surface area contributed by atoms with E-state index < -0.39 is 9.84 Å². The number of nitrogens with one attached hydrogen (secondary N) is 1. The largest absolute Gasteiger partial charge is 0.382 e. The van der Waals surface area contributed by atoms with Gasteiger partial charge in [0.25, 0.3) is 0 Å². The zero-order valence-corrected chi connectivity index (χ0v) is 9.08. The highest BCUT2D eigenvalue weighted by molar-refractivity contribution is 7.90. The van der Waals surface area contributed by atoms with E-state index in [1.165, 1.54) is 6.20 Å². The summed E-state index contributed by atoms with van der Waals surface area (Å²) in [5.74, 6) is 0.387. The highest BCUT2D eigenvalue weighted by atomic mass is 32.2. The molecule has 0 spiro atoms. The molecule has 7 heteroatoms. The molecule has 1 aromatic heterocycles. The second kappa shape index (κ2) is 3.34. The third-order valence-corrected chi connectivity index (χ3v) is 3.21. The minimum Gasteiger partial charge on any atom is -0.382 e. The third-order valence-electron chi connectivity index (χ3n) is 2.09. The molecular formula is C8H12N4O2S. The normalized spacial score (nSPS) is 16.3. The van der Waals surface area contributed by atoms with Gasteiger partial charge in [-0.2, -0.15) is 4.98 Å². The molecule has 0 aromatic carbocycles. The van der Waals surface area contributed by atoms with Gasteiger partial charge in [0.1, 0.15) is 10.7 Å². The van der Waals surface area contributed by atoms with E-state index in [0.29, 0.717) is 12.0 Å². The fraction of sp³-hybridized carbons (Fsp3) is 0.500.